The highest BCUT2D eigenvalue weighted by molar-refractivity contribution is 5.88. The summed E-state index contributed by atoms with van der Waals surface area (Å²) in [4.78, 5) is 26.8. The number of imide groups is 1. The number of hydrogen-bond donors (Lipinski definition) is 0. The van der Waals surface area contributed by atoms with Gasteiger partial charge in [0.05, 0.1) is 11.7 Å². The van der Waals surface area contributed by atoms with E-state index in [1.54, 1.807) is 41.5 Å². The molecule has 3 aliphatic carbocycles. The molecule has 0 N–H and O–H groups in total. The van der Waals surface area contributed by atoms with Gasteiger partial charge >= 0.3 is 12.2 Å². The number of carbonyl (C=O) groups is 2. The average molecular weight is 488 g/mol. The lowest BCUT2D eigenvalue weighted by molar-refractivity contribution is -0.00641. The Morgan fingerprint density at radius 1 is 0.971 bits per heavy atom. The first-order chi connectivity index (χ1) is 16.3. The van der Waals surface area contributed by atoms with Crippen molar-refractivity contribution in [1.82, 2.24) is 14.7 Å². The van der Waals surface area contributed by atoms with Crippen molar-refractivity contribution in [2.45, 2.75) is 129 Å². The van der Waals surface area contributed by atoms with Gasteiger partial charge in [-0.05, 0) is 97.0 Å². The minimum absolute atomic E-state index is 0.214. The molecule has 3 fully saturated rings. The van der Waals surface area contributed by atoms with Gasteiger partial charge < -0.3 is 9.47 Å². The molecule has 2 unspecified atom stereocenters. The lowest BCUT2D eigenvalue weighted by Crippen LogP contribution is -2.47. The number of aromatic nitrogens is 2. The first-order valence-corrected chi connectivity index (χ1v) is 13.6. The van der Waals surface area contributed by atoms with Crippen LogP contribution in [0, 0.1) is 11.8 Å². The summed E-state index contributed by atoms with van der Waals surface area (Å²) in [6.45, 7) is 13.5. The first kappa shape index (κ1) is 26.0. The maximum absolute atomic E-state index is 12.8. The summed E-state index contributed by atoms with van der Waals surface area (Å²) >= 11 is 0. The van der Waals surface area contributed by atoms with E-state index >= 15 is 0 Å². The van der Waals surface area contributed by atoms with Gasteiger partial charge in [0, 0.05) is 18.7 Å². The van der Waals surface area contributed by atoms with E-state index in [0.717, 1.165) is 23.7 Å². The average Bonchev–Trinajstić information content (AvgIpc) is 3.44. The Labute approximate surface area is 210 Å². The van der Waals surface area contributed by atoms with Crippen LogP contribution in [0.25, 0.3) is 0 Å². The van der Waals surface area contributed by atoms with Gasteiger partial charge in [-0.15, -0.1) is 0 Å². The standard InChI is InChI=1S/C28H45N3O4/c1-18-10-8-9-11-22(18)23-17-31(29-24(23)20-12-13-20)21-14-19(15-21)16-30(25(32)34-27(2,3)4)26(33)35-28(5,6)7/h17-22H,8-16H2,1-7H3. The van der Waals surface area contributed by atoms with Crippen LogP contribution in [0.3, 0.4) is 0 Å². The molecule has 3 aliphatic rings. The Hall–Kier alpha value is -2.05. The molecule has 3 saturated carbocycles. The zero-order valence-electron chi connectivity index (χ0n) is 22.8. The van der Waals surface area contributed by atoms with Crippen molar-refractivity contribution in [2.24, 2.45) is 11.8 Å². The van der Waals surface area contributed by atoms with Gasteiger partial charge in [-0.3, -0.25) is 4.68 Å². The molecule has 196 valence electrons. The Kier molecular flexibility index (Phi) is 7.27. The number of carbonyl (C=O) groups excluding carboxylic acids is 2. The molecular weight excluding hydrogens is 442 g/mol. The minimum Gasteiger partial charge on any atom is -0.443 e. The largest absolute Gasteiger partial charge is 0.443 e. The van der Waals surface area contributed by atoms with Crippen molar-refractivity contribution in [3.63, 3.8) is 0 Å². The molecule has 35 heavy (non-hydrogen) atoms. The second-order valence-corrected chi connectivity index (χ2v) is 13.2. The molecule has 0 radical (unpaired) electrons. The van der Waals surface area contributed by atoms with E-state index in [-0.39, 0.29) is 5.92 Å². The quantitative estimate of drug-likeness (QED) is 0.440. The predicted molar refractivity (Wildman–Crippen MR) is 136 cm³/mol. The van der Waals surface area contributed by atoms with Crippen LogP contribution >= 0.6 is 0 Å². The van der Waals surface area contributed by atoms with Crippen molar-refractivity contribution < 1.29 is 19.1 Å². The fourth-order valence-corrected chi connectivity index (χ4v) is 5.53. The Bertz CT molecular complexity index is 888. The summed E-state index contributed by atoms with van der Waals surface area (Å²) in [6, 6.07) is 0.323. The molecule has 0 aliphatic heterocycles. The molecule has 0 saturated heterocycles. The van der Waals surface area contributed by atoms with Crippen LogP contribution in [0.15, 0.2) is 6.20 Å². The molecule has 1 aromatic heterocycles. The van der Waals surface area contributed by atoms with Crippen molar-refractivity contribution in [1.29, 1.82) is 0 Å². The second-order valence-electron chi connectivity index (χ2n) is 13.2. The molecule has 0 bridgehead atoms. The van der Waals surface area contributed by atoms with Gasteiger partial charge in [0.15, 0.2) is 0 Å². The van der Waals surface area contributed by atoms with Crippen LogP contribution in [0.4, 0.5) is 9.59 Å². The fraction of sp³-hybridized carbons (Fsp3) is 0.821. The van der Waals surface area contributed by atoms with Crippen molar-refractivity contribution >= 4 is 12.2 Å². The molecule has 7 heteroatoms. The second kappa shape index (κ2) is 9.78. The van der Waals surface area contributed by atoms with Gasteiger partial charge in [0.2, 0.25) is 0 Å². The van der Waals surface area contributed by atoms with E-state index in [2.05, 4.69) is 17.8 Å². The van der Waals surface area contributed by atoms with Crippen LogP contribution in [0.2, 0.25) is 0 Å². The van der Waals surface area contributed by atoms with Crippen LogP contribution in [0.5, 0.6) is 0 Å². The van der Waals surface area contributed by atoms with Crippen LogP contribution in [-0.2, 0) is 9.47 Å². The Morgan fingerprint density at radius 3 is 2.06 bits per heavy atom. The van der Waals surface area contributed by atoms with E-state index in [4.69, 9.17) is 14.6 Å². The smallest absolute Gasteiger partial charge is 0.419 e. The normalized spacial score (nSPS) is 27.2. The third-order valence-corrected chi connectivity index (χ3v) is 7.52. The monoisotopic (exact) mass is 487 g/mol. The lowest BCUT2D eigenvalue weighted by atomic mass is 9.76. The molecule has 7 nitrogen and oxygen atoms in total. The number of ether oxygens (including phenoxy) is 2. The third kappa shape index (κ3) is 6.59. The minimum atomic E-state index is -0.680. The predicted octanol–water partition coefficient (Wildman–Crippen LogP) is 7.18. The van der Waals surface area contributed by atoms with Gasteiger partial charge in [-0.1, -0.05) is 26.2 Å². The SMILES string of the molecule is CC1CCCCC1c1cn(C2CC(CN(C(=O)OC(C)(C)C)C(=O)OC(C)(C)C)C2)nc1C1CC1. The molecule has 0 spiro atoms. The van der Waals surface area contributed by atoms with Gasteiger partial charge in [-0.2, -0.15) is 5.10 Å². The Morgan fingerprint density at radius 2 is 1.54 bits per heavy atom. The summed E-state index contributed by atoms with van der Waals surface area (Å²) in [6.07, 6.45) is 10.6. The fourth-order valence-electron chi connectivity index (χ4n) is 5.53. The molecule has 0 aromatic carbocycles. The Balaban J connectivity index is 1.42. The maximum atomic E-state index is 12.8. The summed E-state index contributed by atoms with van der Waals surface area (Å²) < 4.78 is 13.2. The molecule has 2 amide bonds. The summed E-state index contributed by atoms with van der Waals surface area (Å²) in [7, 11) is 0. The van der Waals surface area contributed by atoms with Crippen LogP contribution < -0.4 is 0 Å². The van der Waals surface area contributed by atoms with Gasteiger partial charge in [0.25, 0.3) is 0 Å². The van der Waals surface area contributed by atoms with Crippen molar-refractivity contribution in [3.8, 4) is 0 Å². The molecule has 2 atom stereocenters. The molecule has 1 heterocycles. The summed E-state index contributed by atoms with van der Waals surface area (Å²) in [5.41, 5.74) is 1.48. The first-order valence-electron chi connectivity index (χ1n) is 13.6. The number of rotatable bonds is 5. The van der Waals surface area contributed by atoms with E-state index in [0.29, 0.717) is 24.4 Å². The van der Waals surface area contributed by atoms with Gasteiger partial charge in [-0.25, -0.2) is 14.5 Å². The van der Waals surface area contributed by atoms with Crippen LogP contribution in [-0.4, -0.2) is 44.6 Å². The maximum Gasteiger partial charge on any atom is 0.419 e. The lowest BCUT2D eigenvalue weighted by Gasteiger charge is -2.38. The molecule has 1 aromatic rings. The molecule has 4 rings (SSSR count). The highest BCUT2D eigenvalue weighted by atomic mass is 16.6. The van der Waals surface area contributed by atoms with E-state index in [1.807, 2.05) is 0 Å². The highest BCUT2D eigenvalue weighted by Gasteiger charge is 2.40. The number of nitrogens with zero attached hydrogens (tertiary/aromatic N) is 3. The van der Waals surface area contributed by atoms with Crippen molar-refractivity contribution in [2.75, 3.05) is 6.54 Å². The van der Waals surface area contributed by atoms with Crippen molar-refractivity contribution in [3.05, 3.63) is 17.5 Å². The zero-order chi connectivity index (χ0) is 25.5. The highest BCUT2D eigenvalue weighted by Crippen LogP contribution is 2.48. The third-order valence-electron chi connectivity index (χ3n) is 7.52. The van der Waals surface area contributed by atoms with Gasteiger partial charge in [0.1, 0.15) is 11.2 Å². The van der Waals surface area contributed by atoms with Crippen LogP contribution in [0.1, 0.15) is 129 Å². The van der Waals surface area contributed by atoms with E-state index in [1.165, 1.54) is 49.8 Å². The van der Waals surface area contributed by atoms with E-state index < -0.39 is 23.4 Å². The number of amides is 2. The molecular formula is C28H45N3O4. The summed E-state index contributed by atoms with van der Waals surface area (Å²) in [5, 5.41) is 5.10. The zero-order valence-corrected chi connectivity index (χ0v) is 22.8. The number of hydrogen-bond acceptors (Lipinski definition) is 5. The summed E-state index contributed by atoms with van der Waals surface area (Å²) in [5.74, 6) is 2.22. The van der Waals surface area contributed by atoms with E-state index in [9.17, 15) is 9.59 Å². The topological polar surface area (TPSA) is 73.7 Å².